The lowest BCUT2D eigenvalue weighted by Crippen LogP contribution is -2.38. The van der Waals surface area contributed by atoms with Gasteiger partial charge in [-0.15, -0.1) is 0 Å². The second-order valence-corrected chi connectivity index (χ2v) is 5.97. The van der Waals surface area contributed by atoms with Gasteiger partial charge in [-0.1, -0.05) is 18.2 Å². The molecule has 0 radical (unpaired) electrons. The molecule has 1 aromatic heterocycles. The fourth-order valence-electron chi connectivity index (χ4n) is 2.75. The molecule has 25 heavy (non-hydrogen) atoms. The second kappa shape index (κ2) is 8.04. The van der Waals surface area contributed by atoms with Crippen molar-refractivity contribution < 1.29 is 19.4 Å². The van der Waals surface area contributed by atoms with E-state index in [4.69, 9.17) is 14.6 Å². The summed E-state index contributed by atoms with van der Waals surface area (Å²) in [7, 11) is 0. The quantitative estimate of drug-likeness (QED) is 0.856. The van der Waals surface area contributed by atoms with Gasteiger partial charge >= 0.3 is 5.97 Å². The minimum Gasteiger partial charge on any atom is -0.482 e. The lowest BCUT2D eigenvalue weighted by Gasteiger charge is -2.32. The number of hydrogen-bond donors (Lipinski definition) is 1. The third-order valence-electron chi connectivity index (χ3n) is 4.00. The Morgan fingerprint density at radius 1 is 1.36 bits per heavy atom. The van der Waals surface area contributed by atoms with Gasteiger partial charge in [-0.05, 0) is 13.0 Å². The molecule has 1 aliphatic heterocycles. The van der Waals surface area contributed by atoms with Crippen LogP contribution in [-0.4, -0.2) is 52.2 Å². The van der Waals surface area contributed by atoms with Crippen LogP contribution in [0.2, 0.25) is 0 Å². The highest BCUT2D eigenvalue weighted by molar-refractivity contribution is 5.68. The number of ether oxygens (including phenoxy) is 2. The lowest BCUT2D eigenvalue weighted by molar-refractivity contribution is -0.139. The zero-order valence-corrected chi connectivity index (χ0v) is 14.1. The number of carbonyl (C=O) groups is 1. The molecule has 1 fully saturated rings. The molecule has 7 heteroatoms. The number of nitrogens with zero attached hydrogens (tertiary/aromatic N) is 3. The zero-order valence-electron chi connectivity index (χ0n) is 14.1. The predicted octanol–water partition coefficient (Wildman–Crippen LogP) is 1.82. The van der Waals surface area contributed by atoms with Gasteiger partial charge in [-0.3, -0.25) is 14.9 Å². The monoisotopic (exact) mass is 343 g/mol. The molecule has 1 aliphatic rings. The molecule has 0 saturated carbocycles. The number of hydrogen-bond acceptors (Lipinski definition) is 6. The van der Waals surface area contributed by atoms with Gasteiger partial charge in [-0.2, -0.15) is 0 Å². The maximum absolute atomic E-state index is 10.7. The maximum Gasteiger partial charge on any atom is 0.341 e. The number of para-hydroxylation sites is 1. The van der Waals surface area contributed by atoms with Crippen LogP contribution in [0.4, 0.5) is 0 Å². The predicted molar refractivity (Wildman–Crippen MR) is 90.3 cm³/mol. The normalized spacial score (nSPS) is 18.0. The number of morpholine rings is 1. The SMILES string of the molecule is Cc1cnc([C@@H]2CN(Cc3ccccc3OCC(=O)O)CCO2)cn1. The molecule has 0 aliphatic carbocycles. The Morgan fingerprint density at radius 3 is 2.96 bits per heavy atom. The van der Waals surface area contributed by atoms with Gasteiger partial charge in [0, 0.05) is 31.4 Å². The van der Waals surface area contributed by atoms with E-state index in [-0.39, 0.29) is 12.7 Å². The van der Waals surface area contributed by atoms with E-state index in [0.717, 1.165) is 23.5 Å². The number of aryl methyl sites for hydroxylation is 1. The van der Waals surface area contributed by atoms with Gasteiger partial charge in [0.2, 0.25) is 0 Å². The van der Waals surface area contributed by atoms with Crippen molar-refractivity contribution in [2.24, 2.45) is 0 Å². The Labute approximate surface area is 146 Å². The first kappa shape index (κ1) is 17.3. The highest BCUT2D eigenvalue weighted by Gasteiger charge is 2.24. The molecule has 1 N–H and O–H groups in total. The number of carboxylic acid groups (broad SMARTS) is 1. The molecule has 1 atom stereocenters. The molecular formula is C18H21N3O4. The largest absolute Gasteiger partial charge is 0.482 e. The Balaban J connectivity index is 1.66. The van der Waals surface area contributed by atoms with Crippen LogP contribution < -0.4 is 4.74 Å². The summed E-state index contributed by atoms with van der Waals surface area (Å²) in [5.41, 5.74) is 2.66. The lowest BCUT2D eigenvalue weighted by atomic mass is 10.1. The third-order valence-corrected chi connectivity index (χ3v) is 4.00. The average Bonchev–Trinajstić information content (AvgIpc) is 2.62. The van der Waals surface area contributed by atoms with E-state index >= 15 is 0 Å². The summed E-state index contributed by atoms with van der Waals surface area (Å²) < 4.78 is 11.2. The first-order valence-corrected chi connectivity index (χ1v) is 8.17. The van der Waals surface area contributed by atoms with Crippen LogP contribution in [0.15, 0.2) is 36.7 Å². The maximum atomic E-state index is 10.7. The van der Waals surface area contributed by atoms with Crippen molar-refractivity contribution in [3.8, 4) is 5.75 Å². The van der Waals surface area contributed by atoms with Crippen molar-refractivity contribution in [2.45, 2.75) is 19.6 Å². The summed E-state index contributed by atoms with van der Waals surface area (Å²) in [5.74, 6) is -0.387. The first-order chi connectivity index (χ1) is 12.1. The third kappa shape index (κ3) is 4.74. The van der Waals surface area contributed by atoms with Crippen LogP contribution in [0.1, 0.15) is 23.1 Å². The zero-order chi connectivity index (χ0) is 17.6. The van der Waals surface area contributed by atoms with E-state index < -0.39 is 5.97 Å². The molecule has 2 aromatic rings. The minimum absolute atomic E-state index is 0.117. The van der Waals surface area contributed by atoms with Crippen LogP contribution in [-0.2, 0) is 16.1 Å². The molecule has 0 amide bonds. The van der Waals surface area contributed by atoms with Crippen molar-refractivity contribution in [1.82, 2.24) is 14.9 Å². The molecule has 0 bridgehead atoms. The van der Waals surface area contributed by atoms with E-state index in [1.807, 2.05) is 25.1 Å². The average molecular weight is 343 g/mol. The van der Waals surface area contributed by atoms with E-state index in [1.54, 1.807) is 18.5 Å². The van der Waals surface area contributed by atoms with Gasteiger partial charge in [0.05, 0.1) is 24.2 Å². The van der Waals surface area contributed by atoms with Crippen LogP contribution in [0.5, 0.6) is 5.75 Å². The fourth-order valence-corrected chi connectivity index (χ4v) is 2.75. The summed E-state index contributed by atoms with van der Waals surface area (Å²) >= 11 is 0. The molecule has 1 aromatic carbocycles. The Morgan fingerprint density at radius 2 is 2.20 bits per heavy atom. The minimum atomic E-state index is -0.987. The molecule has 0 unspecified atom stereocenters. The summed E-state index contributed by atoms with van der Waals surface area (Å²) in [6.07, 6.45) is 3.38. The van der Waals surface area contributed by atoms with Crippen molar-refractivity contribution in [2.75, 3.05) is 26.3 Å². The molecule has 7 nitrogen and oxygen atoms in total. The molecule has 1 saturated heterocycles. The van der Waals surface area contributed by atoms with E-state index in [9.17, 15) is 4.79 Å². The van der Waals surface area contributed by atoms with E-state index in [0.29, 0.717) is 25.4 Å². The van der Waals surface area contributed by atoms with Gasteiger partial charge in [0.25, 0.3) is 0 Å². The second-order valence-electron chi connectivity index (χ2n) is 5.97. The van der Waals surface area contributed by atoms with Crippen molar-refractivity contribution in [1.29, 1.82) is 0 Å². The highest BCUT2D eigenvalue weighted by Crippen LogP contribution is 2.24. The number of aliphatic carboxylic acids is 1. The molecule has 132 valence electrons. The number of benzene rings is 1. The smallest absolute Gasteiger partial charge is 0.341 e. The standard InChI is InChI=1S/C18H21N3O4/c1-13-8-20-15(9-19-13)17-11-21(6-7-24-17)10-14-4-2-3-5-16(14)25-12-18(22)23/h2-5,8-9,17H,6-7,10-12H2,1H3,(H,22,23)/t17-/m0/s1. The summed E-state index contributed by atoms with van der Waals surface area (Å²) in [5, 5.41) is 8.80. The number of carboxylic acids is 1. The van der Waals surface area contributed by atoms with Crippen LogP contribution in [0.25, 0.3) is 0 Å². The summed E-state index contributed by atoms with van der Waals surface area (Å²) in [4.78, 5) is 21.7. The van der Waals surface area contributed by atoms with Crippen molar-refractivity contribution >= 4 is 5.97 Å². The number of aromatic nitrogens is 2. The van der Waals surface area contributed by atoms with E-state index in [2.05, 4.69) is 14.9 Å². The Hall–Kier alpha value is -2.51. The van der Waals surface area contributed by atoms with Crippen molar-refractivity contribution in [3.05, 3.63) is 53.6 Å². The molecular weight excluding hydrogens is 322 g/mol. The number of rotatable bonds is 6. The van der Waals surface area contributed by atoms with Gasteiger partial charge in [0.15, 0.2) is 6.61 Å². The van der Waals surface area contributed by atoms with Crippen LogP contribution >= 0.6 is 0 Å². The fraction of sp³-hybridized carbons (Fsp3) is 0.389. The molecule has 3 rings (SSSR count). The van der Waals surface area contributed by atoms with E-state index in [1.165, 1.54) is 0 Å². The first-order valence-electron chi connectivity index (χ1n) is 8.17. The summed E-state index contributed by atoms with van der Waals surface area (Å²) in [6.45, 7) is 4.32. The molecule has 0 spiro atoms. The highest BCUT2D eigenvalue weighted by atomic mass is 16.5. The van der Waals surface area contributed by atoms with Gasteiger partial charge in [-0.25, -0.2) is 4.79 Å². The van der Waals surface area contributed by atoms with Crippen molar-refractivity contribution in [3.63, 3.8) is 0 Å². The van der Waals surface area contributed by atoms with Crippen LogP contribution in [0.3, 0.4) is 0 Å². The summed E-state index contributed by atoms with van der Waals surface area (Å²) in [6, 6.07) is 7.51. The Bertz CT molecular complexity index is 721. The Kier molecular flexibility index (Phi) is 5.57. The van der Waals surface area contributed by atoms with Gasteiger partial charge < -0.3 is 14.6 Å². The van der Waals surface area contributed by atoms with Gasteiger partial charge in [0.1, 0.15) is 11.9 Å². The topological polar surface area (TPSA) is 84.8 Å². The van der Waals surface area contributed by atoms with Crippen LogP contribution in [0, 0.1) is 6.92 Å². The molecule has 2 heterocycles.